The van der Waals surface area contributed by atoms with Crippen LogP contribution in [0.5, 0.6) is 0 Å². The largest absolute Gasteiger partial charge is 0.459 e. The molecule has 1 aromatic heterocycles. The summed E-state index contributed by atoms with van der Waals surface area (Å²) in [5.74, 6) is 3.25. The summed E-state index contributed by atoms with van der Waals surface area (Å²) in [6.45, 7) is 5.40. The van der Waals surface area contributed by atoms with E-state index in [1.807, 2.05) is 30.0 Å². The fourth-order valence-electron chi connectivity index (χ4n) is 2.11. The summed E-state index contributed by atoms with van der Waals surface area (Å²) in [5.41, 5.74) is 0.910. The normalized spacial score (nSPS) is 12.9. The Hall–Kier alpha value is -0.640. The Kier molecular flexibility index (Phi) is 6.27. The number of benzene rings is 1. The van der Waals surface area contributed by atoms with Gasteiger partial charge >= 0.3 is 0 Å². The molecule has 1 N–H and O–H groups in total. The van der Waals surface area contributed by atoms with Crippen molar-refractivity contribution in [2.24, 2.45) is 0 Å². The first-order valence-electron chi connectivity index (χ1n) is 7.24. The van der Waals surface area contributed by atoms with Crippen molar-refractivity contribution in [3.8, 4) is 0 Å². The lowest BCUT2D eigenvalue weighted by Gasteiger charge is -2.15. The molecule has 2 nitrogen and oxygen atoms in total. The average Bonchev–Trinajstić information content (AvgIpc) is 2.85. The Bertz CT molecular complexity index is 540. The van der Waals surface area contributed by atoms with E-state index in [0.717, 1.165) is 40.5 Å². The van der Waals surface area contributed by atoms with Crippen LogP contribution in [0.4, 0.5) is 0 Å². The van der Waals surface area contributed by atoms with Crippen molar-refractivity contribution in [3.63, 3.8) is 0 Å². The van der Waals surface area contributed by atoms with Gasteiger partial charge in [0.2, 0.25) is 0 Å². The Balaban J connectivity index is 2.15. The van der Waals surface area contributed by atoms with Crippen LogP contribution in [0.15, 0.2) is 28.7 Å². The molecule has 4 heteroatoms. The summed E-state index contributed by atoms with van der Waals surface area (Å²) >= 11 is 8.00. The molecular weight excluding hydrogens is 290 g/mol. The topological polar surface area (TPSA) is 25.2 Å². The van der Waals surface area contributed by atoms with Gasteiger partial charge in [-0.2, -0.15) is 11.8 Å². The number of rotatable bonds is 8. The maximum atomic E-state index is 6.03. The highest BCUT2D eigenvalue weighted by atomic mass is 35.5. The number of furan rings is 1. The van der Waals surface area contributed by atoms with Crippen LogP contribution in [-0.4, -0.2) is 18.1 Å². The predicted octanol–water partition coefficient (Wildman–Crippen LogP) is 5.27. The maximum Gasteiger partial charge on any atom is 0.134 e. The average molecular weight is 312 g/mol. The monoisotopic (exact) mass is 311 g/mol. The lowest BCUT2D eigenvalue weighted by molar-refractivity contribution is 0.456. The van der Waals surface area contributed by atoms with Crippen molar-refractivity contribution in [1.29, 1.82) is 0 Å². The Morgan fingerprint density at radius 1 is 1.25 bits per heavy atom. The van der Waals surface area contributed by atoms with E-state index in [2.05, 4.69) is 25.2 Å². The van der Waals surface area contributed by atoms with Crippen LogP contribution in [0, 0.1) is 0 Å². The van der Waals surface area contributed by atoms with Gasteiger partial charge < -0.3 is 9.73 Å². The Morgan fingerprint density at radius 3 is 2.85 bits per heavy atom. The molecule has 0 fully saturated rings. The van der Waals surface area contributed by atoms with E-state index in [9.17, 15) is 0 Å². The second-order valence-corrected chi connectivity index (χ2v) is 6.50. The SMILES string of the molecule is CCCNC(CSCCC)c1cc2cc(Cl)ccc2o1. The van der Waals surface area contributed by atoms with Crippen LogP contribution in [0.1, 0.15) is 38.5 Å². The van der Waals surface area contributed by atoms with E-state index in [1.165, 1.54) is 12.2 Å². The van der Waals surface area contributed by atoms with E-state index >= 15 is 0 Å². The first kappa shape index (κ1) is 15.7. The number of fused-ring (bicyclic) bond motifs is 1. The summed E-state index contributed by atoms with van der Waals surface area (Å²) in [6.07, 6.45) is 2.34. The molecule has 0 radical (unpaired) electrons. The number of thioether (sulfide) groups is 1. The molecule has 0 bridgehead atoms. The molecule has 0 saturated carbocycles. The van der Waals surface area contributed by atoms with Crippen molar-refractivity contribution in [3.05, 3.63) is 35.0 Å². The molecule has 0 spiro atoms. The fourth-order valence-corrected chi connectivity index (χ4v) is 3.27. The zero-order chi connectivity index (χ0) is 14.4. The maximum absolute atomic E-state index is 6.03. The van der Waals surface area contributed by atoms with Crippen LogP contribution < -0.4 is 5.32 Å². The van der Waals surface area contributed by atoms with E-state index in [1.54, 1.807) is 0 Å². The molecule has 0 amide bonds. The molecule has 2 aromatic rings. The van der Waals surface area contributed by atoms with Crippen LogP contribution in [-0.2, 0) is 0 Å². The summed E-state index contributed by atoms with van der Waals surface area (Å²) in [5, 5.41) is 5.41. The zero-order valence-electron chi connectivity index (χ0n) is 12.1. The molecule has 1 atom stereocenters. The molecule has 20 heavy (non-hydrogen) atoms. The second-order valence-electron chi connectivity index (χ2n) is 4.91. The van der Waals surface area contributed by atoms with Crippen LogP contribution in [0.25, 0.3) is 11.0 Å². The van der Waals surface area contributed by atoms with Gasteiger partial charge in [0, 0.05) is 16.2 Å². The van der Waals surface area contributed by atoms with Crippen LogP contribution >= 0.6 is 23.4 Å². The Labute approximate surface area is 130 Å². The Morgan fingerprint density at radius 2 is 2.10 bits per heavy atom. The van der Waals surface area contributed by atoms with Gasteiger partial charge in [0.1, 0.15) is 11.3 Å². The van der Waals surface area contributed by atoms with E-state index in [-0.39, 0.29) is 6.04 Å². The van der Waals surface area contributed by atoms with Crippen molar-refractivity contribution in [2.45, 2.75) is 32.7 Å². The molecule has 110 valence electrons. The predicted molar refractivity (Wildman–Crippen MR) is 89.9 cm³/mol. The lowest BCUT2D eigenvalue weighted by atomic mass is 10.2. The van der Waals surface area contributed by atoms with Gasteiger partial charge in [-0.25, -0.2) is 0 Å². The summed E-state index contributed by atoms with van der Waals surface area (Å²) in [7, 11) is 0. The second kappa shape index (κ2) is 7.96. The number of hydrogen-bond donors (Lipinski definition) is 1. The fraction of sp³-hybridized carbons (Fsp3) is 0.500. The minimum Gasteiger partial charge on any atom is -0.459 e. The molecule has 2 rings (SSSR count). The molecule has 1 aromatic carbocycles. The van der Waals surface area contributed by atoms with Gasteiger partial charge in [-0.1, -0.05) is 25.4 Å². The van der Waals surface area contributed by atoms with Gasteiger partial charge in [0.25, 0.3) is 0 Å². The lowest BCUT2D eigenvalue weighted by Crippen LogP contribution is -2.23. The van der Waals surface area contributed by atoms with Gasteiger partial charge in [-0.05, 0) is 49.4 Å². The molecule has 0 aliphatic rings. The molecular formula is C16H22ClNOS. The van der Waals surface area contributed by atoms with Gasteiger partial charge in [0.05, 0.1) is 6.04 Å². The zero-order valence-corrected chi connectivity index (χ0v) is 13.7. The quantitative estimate of drug-likeness (QED) is 0.672. The van der Waals surface area contributed by atoms with Crippen molar-refractivity contribution in [1.82, 2.24) is 5.32 Å². The van der Waals surface area contributed by atoms with E-state index < -0.39 is 0 Å². The minimum atomic E-state index is 0.276. The first-order valence-corrected chi connectivity index (χ1v) is 8.78. The molecule has 1 unspecified atom stereocenters. The number of halogens is 1. The van der Waals surface area contributed by atoms with Crippen molar-refractivity contribution < 1.29 is 4.42 Å². The smallest absolute Gasteiger partial charge is 0.134 e. The van der Waals surface area contributed by atoms with E-state index in [4.69, 9.17) is 16.0 Å². The van der Waals surface area contributed by atoms with Gasteiger partial charge in [-0.15, -0.1) is 0 Å². The highest BCUT2D eigenvalue weighted by Gasteiger charge is 2.15. The number of hydrogen-bond acceptors (Lipinski definition) is 3. The summed E-state index contributed by atoms with van der Waals surface area (Å²) < 4.78 is 5.98. The van der Waals surface area contributed by atoms with Gasteiger partial charge in [0.15, 0.2) is 0 Å². The van der Waals surface area contributed by atoms with Gasteiger partial charge in [-0.3, -0.25) is 0 Å². The molecule has 0 aliphatic carbocycles. The third kappa shape index (κ3) is 4.18. The summed E-state index contributed by atoms with van der Waals surface area (Å²) in [4.78, 5) is 0. The van der Waals surface area contributed by atoms with Crippen LogP contribution in [0.3, 0.4) is 0 Å². The summed E-state index contributed by atoms with van der Waals surface area (Å²) in [6, 6.07) is 8.16. The third-order valence-corrected chi connectivity index (χ3v) is 4.62. The molecule has 0 aliphatic heterocycles. The van der Waals surface area contributed by atoms with E-state index in [0.29, 0.717) is 0 Å². The molecule has 1 heterocycles. The van der Waals surface area contributed by atoms with Crippen molar-refractivity contribution >= 4 is 34.3 Å². The first-order chi connectivity index (χ1) is 9.74. The highest BCUT2D eigenvalue weighted by molar-refractivity contribution is 7.99. The highest BCUT2D eigenvalue weighted by Crippen LogP contribution is 2.28. The minimum absolute atomic E-state index is 0.276. The third-order valence-electron chi connectivity index (χ3n) is 3.11. The molecule has 0 saturated heterocycles. The number of nitrogens with one attached hydrogen (secondary N) is 1. The van der Waals surface area contributed by atoms with Crippen molar-refractivity contribution in [2.75, 3.05) is 18.1 Å². The van der Waals surface area contributed by atoms with Crippen LogP contribution in [0.2, 0.25) is 5.02 Å². The standard InChI is InChI=1S/C16H22ClNOS/c1-3-7-18-14(11-20-8-4-2)16-10-12-9-13(17)5-6-15(12)19-16/h5-6,9-10,14,18H,3-4,7-8,11H2,1-2H3.